The van der Waals surface area contributed by atoms with Crippen molar-refractivity contribution < 1.29 is 28.4 Å². The molecule has 11 heteroatoms. The van der Waals surface area contributed by atoms with Gasteiger partial charge in [0, 0.05) is 63.5 Å². The zero-order chi connectivity index (χ0) is 28.7. The van der Waals surface area contributed by atoms with Crippen molar-refractivity contribution in [2.24, 2.45) is 5.92 Å². The normalized spacial score (nSPS) is 22.3. The van der Waals surface area contributed by atoms with E-state index in [-0.39, 0.29) is 30.1 Å². The second-order valence-electron chi connectivity index (χ2n) is 11.2. The molecule has 6 rings (SSSR count). The second-order valence-corrected chi connectivity index (χ2v) is 11.2. The third-order valence-corrected chi connectivity index (χ3v) is 8.67. The Labute approximate surface area is 237 Å². The maximum atomic E-state index is 13.2. The Kier molecular flexibility index (Phi) is 7.29. The predicted octanol–water partition coefficient (Wildman–Crippen LogP) is 1.90. The maximum absolute atomic E-state index is 13.2. The van der Waals surface area contributed by atoms with Crippen molar-refractivity contribution in [2.45, 2.75) is 31.7 Å². The number of fused-ring (bicyclic) bond motifs is 1. The molecule has 10 nitrogen and oxygen atoms in total. The second kappa shape index (κ2) is 11.0. The van der Waals surface area contributed by atoms with Gasteiger partial charge in [-0.2, -0.15) is 0 Å². The van der Waals surface area contributed by atoms with E-state index in [0.29, 0.717) is 30.1 Å². The number of amides is 5. The summed E-state index contributed by atoms with van der Waals surface area (Å²) in [4.78, 5) is 70.2. The van der Waals surface area contributed by atoms with E-state index in [9.17, 15) is 28.4 Å². The minimum Gasteiger partial charge on any atom is -0.371 e. The molecule has 0 saturated carbocycles. The molecule has 1 unspecified atom stereocenters. The topological polar surface area (TPSA) is 110 Å². The average molecular weight is 562 g/mol. The number of anilines is 1. The van der Waals surface area contributed by atoms with Crippen molar-refractivity contribution in [3.63, 3.8) is 0 Å². The Hall–Kier alpha value is -4.12. The Bertz CT molecular complexity index is 1400. The molecule has 2 aromatic rings. The van der Waals surface area contributed by atoms with Crippen LogP contribution >= 0.6 is 0 Å². The molecule has 2 aromatic carbocycles. The van der Waals surface area contributed by atoms with Gasteiger partial charge >= 0.3 is 0 Å². The first-order valence-corrected chi connectivity index (χ1v) is 14.2. The Morgan fingerprint density at radius 3 is 2.20 bits per heavy atom. The molecule has 3 fully saturated rings. The SMILES string of the molecule is O=C1CCC(N2C(=O)c3ccc(N4CCC(CN5CCN(C(=O)c6ccc(F)cc6)CC5)CC4)cc3C2=O)C(=O)N1. The van der Waals surface area contributed by atoms with Gasteiger partial charge in [0.25, 0.3) is 17.7 Å². The molecular formula is C30H32FN5O5. The number of hydrogen-bond donors (Lipinski definition) is 1. The van der Waals surface area contributed by atoms with Gasteiger partial charge in [0.15, 0.2) is 0 Å². The molecule has 0 radical (unpaired) electrons. The van der Waals surface area contributed by atoms with E-state index < -0.39 is 29.7 Å². The van der Waals surface area contributed by atoms with E-state index in [1.54, 1.807) is 12.1 Å². The highest BCUT2D eigenvalue weighted by Gasteiger charge is 2.44. The summed E-state index contributed by atoms with van der Waals surface area (Å²) in [7, 11) is 0. The summed E-state index contributed by atoms with van der Waals surface area (Å²) < 4.78 is 13.2. The van der Waals surface area contributed by atoms with Crippen molar-refractivity contribution in [2.75, 3.05) is 50.7 Å². The molecule has 214 valence electrons. The van der Waals surface area contributed by atoms with Gasteiger partial charge in [-0.15, -0.1) is 0 Å². The number of halogens is 1. The van der Waals surface area contributed by atoms with Gasteiger partial charge in [0.1, 0.15) is 11.9 Å². The number of hydrogen-bond acceptors (Lipinski definition) is 7. The van der Waals surface area contributed by atoms with Crippen LogP contribution in [0.2, 0.25) is 0 Å². The molecule has 3 saturated heterocycles. The zero-order valence-corrected chi connectivity index (χ0v) is 22.7. The fourth-order valence-electron chi connectivity index (χ4n) is 6.30. The summed E-state index contributed by atoms with van der Waals surface area (Å²) in [6.07, 6.45) is 2.20. The van der Waals surface area contributed by atoms with Gasteiger partial charge < -0.3 is 9.80 Å². The van der Waals surface area contributed by atoms with E-state index in [1.165, 1.54) is 24.3 Å². The molecule has 0 aromatic heterocycles. The number of carbonyl (C=O) groups is 5. The first-order chi connectivity index (χ1) is 19.8. The predicted molar refractivity (Wildman–Crippen MR) is 147 cm³/mol. The van der Waals surface area contributed by atoms with E-state index >= 15 is 0 Å². The molecule has 1 N–H and O–H groups in total. The van der Waals surface area contributed by atoms with Gasteiger partial charge in [-0.1, -0.05) is 0 Å². The monoisotopic (exact) mass is 561 g/mol. The highest BCUT2D eigenvalue weighted by atomic mass is 19.1. The number of benzene rings is 2. The van der Waals surface area contributed by atoms with Crippen LogP contribution in [-0.2, 0) is 9.59 Å². The number of carbonyl (C=O) groups excluding carboxylic acids is 5. The lowest BCUT2D eigenvalue weighted by atomic mass is 9.95. The first-order valence-electron chi connectivity index (χ1n) is 14.2. The summed E-state index contributed by atoms with van der Waals surface area (Å²) in [5.41, 5.74) is 1.97. The summed E-state index contributed by atoms with van der Waals surface area (Å²) in [6, 6.07) is 9.98. The number of piperazine rings is 1. The lowest BCUT2D eigenvalue weighted by Gasteiger charge is -2.39. The standard InChI is InChI=1S/C30H32FN5O5/c31-21-3-1-20(2-4-21)28(39)35-15-13-33(14-16-35)18-19-9-11-34(12-10-19)22-5-6-23-24(17-22)30(41)36(29(23)40)25-7-8-26(37)32-27(25)38/h1-6,17,19,25H,7-16,18H2,(H,32,37,38). The van der Waals surface area contributed by atoms with Crippen LogP contribution in [0.4, 0.5) is 10.1 Å². The van der Waals surface area contributed by atoms with Crippen molar-refractivity contribution in [3.8, 4) is 0 Å². The Balaban J connectivity index is 1.01. The highest BCUT2D eigenvalue weighted by Crippen LogP contribution is 2.32. The minimum atomic E-state index is -0.970. The van der Waals surface area contributed by atoms with Crippen LogP contribution in [0, 0.1) is 11.7 Å². The third-order valence-electron chi connectivity index (χ3n) is 8.67. The molecule has 0 bridgehead atoms. The zero-order valence-electron chi connectivity index (χ0n) is 22.7. The summed E-state index contributed by atoms with van der Waals surface area (Å²) >= 11 is 0. The molecule has 4 aliphatic rings. The molecule has 5 amide bonds. The highest BCUT2D eigenvalue weighted by molar-refractivity contribution is 6.23. The number of piperidine rings is 2. The first kappa shape index (κ1) is 27.1. The number of rotatable bonds is 5. The Morgan fingerprint density at radius 1 is 0.829 bits per heavy atom. The average Bonchev–Trinajstić information content (AvgIpc) is 3.23. The Morgan fingerprint density at radius 2 is 1.51 bits per heavy atom. The number of imide groups is 2. The van der Waals surface area contributed by atoms with E-state index in [0.717, 1.165) is 56.2 Å². The molecule has 0 spiro atoms. The van der Waals surface area contributed by atoms with Gasteiger partial charge in [-0.05, 0) is 67.6 Å². The van der Waals surface area contributed by atoms with Crippen LogP contribution in [-0.4, -0.2) is 96.1 Å². The smallest absolute Gasteiger partial charge is 0.262 e. The molecule has 0 aliphatic carbocycles. The van der Waals surface area contributed by atoms with Gasteiger partial charge in [-0.25, -0.2) is 4.39 Å². The molecule has 4 heterocycles. The largest absolute Gasteiger partial charge is 0.371 e. The van der Waals surface area contributed by atoms with Gasteiger partial charge in [0.05, 0.1) is 11.1 Å². The fraction of sp³-hybridized carbons (Fsp3) is 0.433. The number of nitrogens with zero attached hydrogens (tertiary/aromatic N) is 4. The van der Waals surface area contributed by atoms with Crippen LogP contribution in [0.5, 0.6) is 0 Å². The van der Waals surface area contributed by atoms with E-state index in [2.05, 4.69) is 15.1 Å². The van der Waals surface area contributed by atoms with Crippen LogP contribution in [0.25, 0.3) is 0 Å². The van der Waals surface area contributed by atoms with Gasteiger partial charge in [0.2, 0.25) is 11.8 Å². The van der Waals surface area contributed by atoms with Crippen molar-refractivity contribution >= 4 is 35.2 Å². The molecule has 4 aliphatic heterocycles. The molecular weight excluding hydrogens is 529 g/mol. The van der Waals surface area contributed by atoms with Gasteiger partial charge in [-0.3, -0.25) is 39.1 Å². The number of nitrogens with one attached hydrogen (secondary N) is 1. The quantitative estimate of drug-likeness (QED) is 0.556. The molecule has 41 heavy (non-hydrogen) atoms. The summed E-state index contributed by atoms with van der Waals surface area (Å²) in [5.74, 6) is -1.89. The fourth-order valence-corrected chi connectivity index (χ4v) is 6.30. The van der Waals surface area contributed by atoms with E-state index in [4.69, 9.17) is 0 Å². The van der Waals surface area contributed by atoms with Crippen LogP contribution in [0.3, 0.4) is 0 Å². The third kappa shape index (κ3) is 5.33. The lowest BCUT2D eigenvalue weighted by molar-refractivity contribution is -0.136. The van der Waals surface area contributed by atoms with Crippen LogP contribution < -0.4 is 10.2 Å². The van der Waals surface area contributed by atoms with Crippen LogP contribution in [0.15, 0.2) is 42.5 Å². The van der Waals surface area contributed by atoms with E-state index in [1.807, 2.05) is 11.0 Å². The van der Waals surface area contributed by atoms with Crippen molar-refractivity contribution in [1.29, 1.82) is 0 Å². The minimum absolute atomic E-state index is 0.0623. The van der Waals surface area contributed by atoms with Crippen LogP contribution in [0.1, 0.15) is 56.8 Å². The van der Waals surface area contributed by atoms with Crippen molar-refractivity contribution in [3.05, 3.63) is 65.0 Å². The summed E-state index contributed by atoms with van der Waals surface area (Å²) in [6.45, 7) is 5.51. The maximum Gasteiger partial charge on any atom is 0.262 e. The molecule has 1 atom stereocenters. The lowest BCUT2D eigenvalue weighted by Crippen LogP contribution is -2.54. The van der Waals surface area contributed by atoms with Crippen molar-refractivity contribution in [1.82, 2.24) is 20.0 Å². The summed E-state index contributed by atoms with van der Waals surface area (Å²) in [5, 5.41) is 2.22.